The quantitative estimate of drug-likeness (QED) is 0.617. The van der Waals surface area contributed by atoms with Gasteiger partial charge < -0.3 is 9.84 Å². The first kappa shape index (κ1) is 20.9. The summed E-state index contributed by atoms with van der Waals surface area (Å²) in [7, 11) is -4.03. The van der Waals surface area contributed by atoms with Crippen molar-refractivity contribution in [2.45, 2.75) is 30.6 Å². The van der Waals surface area contributed by atoms with Crippen molar-refractivity contribution in [1.82, 2.24) is 4.72 Å². The van der Waals surface area contributed by atoms with Crippen molar-refractivity contribution < 1.29 is 23.1 Å². The molecule has 2 aromatic rings. The summed E-state index contributed by atoms with van der Waals surface area (Å²) < 4.78 is 33.0. The molecule has 0 radical (unpaired) electrons. The number of rotatable bonds is 7. The first-order chi connectivity index (χ1) is 12.2. The maximum absolute atomic E-state index is 12.4. The van der Waals surface area contributed by atoms with Crippen molar-refractivity contribution in [3.8, 4) is 0 Å². The molecule has 0 aliphatic carbocycles. The highest BCUT2D eigenvalue weighted by molar-refractivity contribution is 9.10. The molecule has 0 aromatic heterocycles. The second-order valence-corrected chi connectivity index (χ2v) is 8.59. The smallest absolute Gasteiger partial charge is 0.327 e. The Balaban J connectivity index is 2.08. The van der Waals surface area contributed by atoms with E-state index in [1.54, 1.807) is 24.3 Å². The molecule has 0 saturated carbocycles. The van der Waals surface area contributed by atoms with E-state index < -0.39 is 28.1 Å². The lowest BCUT2D eigenvalue weighted by molar-refractivity contribution is -0.149. The fourth-order valence-electron chi connectivity index (χ4n) is 2.02. The largest absolute Gasteiger partial charge is 0.460 e. The van der Waals surface area contributed by atoms with E-state index in [1.807, 2.05) is 0 Å². The van der Waals surface area contributed by atoms with Crippen LogP contribution in [0.4, 0.5) is 0 Å². The molecular weight excluding hydrogens is 446 g/mol. The maximum atomic E-state index is 12.4. The van der Waals surface area contributed by atoms with Crippen LogP contribution in [0.3, 0.4) is 0 Å². The second kappa shape index (κ2) is 8.96. The fraction of sp³-hybridized carbons (Fsp3) is 0.235. The predicted molar refractivity (Wildman–Crippen MR) is 101 cm³/mol. The van der Waals surface area contributed by atoms with Crippen molar-refractivity contribution in [2.75, 3.05) is 0 Å². The van der Waals surface area contributed by atoms with Crippen LogP contribution in [0.1, 0.15) is 12.5 Å². The third kappa shape index (κ3) is 5.78. The molecule has 0 unspecified atom stereocenters. The number of nitrogens with one attached hydrogen (secondary N) is 1. The predicted octanol–water partition coefficient (Wildman–Crippen LogP) is 2.87. The minimum absolute atomic E-state index is 0.0436. The minimum atomic E-state index is -4.03. The molecule has 0 fully saturated rings. The summed E-state index contributed by atoms with van der Waals surface area (Å²) in [5.74, 6) is -0.875. The number of aliphatic hydroxyl groups excluding tert-OH is 1. The van der Waals surface area contributed by atoms with Gasteiger partial charge in [-0.05, 0) is 48.9 Å². The first-order valence-electron chi connectivity index (χ1n) is 7.56. The lowest BCUT2D eigenvalue weighted by Gasteiger charge is -2.20. The monoisotopic (exact) mass is 461 g/mol. The summed E-state index contributed by atoms with van der Waals surface area (Å²) in [6.45, 7) is 1.26. The third-order valence-electron chi connectivity index (χ3n) is 3.44. The molecule has 2 rings (SSSR count). The summed E-state index contributed by atoms with van der Waals surface area (Å²) in [6.07, 6.45) is -1.28. The number of aliphatic hydroxyl groups is 1. The number of benzene rings is 2. The number of sulfonamides is 1. The van der Waals surface area contributed by atoms with Crippen LogP contribution in [0, 0.1) is 0 Å². The molecule has 2 atom stereocenters. The van der Waals surface area contributed by atoms with Gasteiger partial charge in [0.15, 0.2) is 0 Å². The van der Waals surface area contributed by atoms with Crippen molar-refractivity contribution >= 4 is 43.5 Å². The van der Waals surface area contributed by atoms with E-state index in [-0.39, 0.29) is 11.5 Å². The molecule has 0 heterocycles. The number of hydrogen-bond acceptors (Lipinski definition) is 5. The maximum Gasteiger partial charge on any atom is 0.327 e. The molecule has 0 aliphatic heterocycles. The Bertz CT molecular complexity index is 854. The molecule has 26 heavy (non-hydrogen) atoms. The van der Waals surface area contributed by atoms with Crippen LogP contribution in [-0.4, -0.2) is 31.6 Å². The van der Waals surface area contributed by atoms with E-state index in [0.717, 1.165) is 10.0 Å². The summed E-state index contributed by atoms with van der Waals surface area (Å²) in [6, 6.07) is 11.1. The highest BCUT2D eigenvalue weighted by Gasteiger charge is 2.31. The van der Waals surface area contributed by atoms with E-state index in [9.17, 15) is 18.3 Å². The SMILES string of the molecule is C[C@@H](O)[C@H](NS(=O)(=O)c1ccc(Cl)cc1)C(=O)OCc1ccc(Br)cc1. The van der Waals surface area contributed by atoms with Gasteiger partial charge in [-0.15, -0.1) is 0 Å². The van der Waals surface area contributed by atoms with Gasteiger partial charge in [-0.1, -0.05) is 39.7 Å². The van der Waals surface area contributed by atoms with Crippen molar-refractivity contribution in [3.05, 3.63) is 63.6 Å². The molecule has 0 bridgehead atoms. The van der Waals surface area contributed by atoms with Crippen molar-refractivity contribution in [3.63, 3.8) is 0 Å². The van der Waals surface area contributed by atoms with Crippen LogP contribution in [0.2, 0.25) is 5.02 Å². The first-order valence-corrected chi connectivity index (χ1v) is 10.2. The van der Waals surface area contributed by atoms with E-state index >= 15 is 0 Å². The third-order valence-corrected chi connectivity index (χ3v) is 5.67. The summed E-state index contributed by atoms with van der Waals surface area (Å²) >= 11 is 9.05. The van der Waals surface area contributed by atoms with Crippen LogP contribution in [-0.2, 0) is 26.2 Å². The Morgan fingerprint density at radius 3 is 2.31 bits per heavy atom. The Morgan fingerprint density at radius 2 is 1.77 bits per heavy atom. The summed E-state index contributed by atoms with van der Waals surface area (Å²) in [4.78, 5) is 12.2. The molecule has 0 aliphatic rings. The van der Waals surface area contributed by atoms with Crippen LogP contribution in [0.15, 0.2) is 57.9 Å². The minimum Gasteiger partial charge on any atom is -0.460 e. The number of carbonyl (C=O) groups excluding carboxylic acids is 1. The second-order valence-electron chi connectivity index (χ2n) is 5.53. The number of hydrogen-bond donors (Lipinski definition) is 2. The van der Waals surface area contributed by atoms with E-state index in [0.29, 0.717) is 5.02 Å². The van der Waals surface area contributed by atoms with Crippen LogP contribution in [0.5, 0.6) is 0 Å². The van der Waals surface area contributed by atoms with Gasteiger partial charge in [0.1, 0.15) is 12.6 Å². The molecule has 6 nitrogen and oxygen atoms in total. The van der Waals surface area contributed by atoms with Gasteiger partial charge in [0.2, 0.25) is 10.0 Å². The highest BCUT2D eigenvalue weighted by atomic mass is 79.9. The molecule has 140 valence electrons. The van der Waals surface area contributed by atoms with E-state index in [2.05, 4.69) is 20.7 Å². The zero-order chi connectivity index (χ0) is 19.3. The topological polar surface area (TPSA) is 92.7 Å². The van der Waals surface area contributed by atoms with Gasteiger partial charge >= 0.3 is 5.97 Å². The molecule has 9 heteroatoms. The summed E-state index contributed by atoms with van der Waals surface area (Å²) in [5, 5.41) is 10.2. The zero-order valence-corrected chi connectivity index (χ0v) is 16.9. The molecule has 0 spiro atoms. The molecular formula is C17H17BrClNO5S. The number of ether oxygens (including phenoxy) is 1. The number of halogens is 2. The van der Waals surface area contributed by atoms with Gasteiger partial charge in [0.05, 0.1) is 11.0 Å². The fourth-order valence-corrected chi connectivity index (χ4v) is 3.67. The lowest BCUT2D eigenvalue weighted by atomic mass is 10.2. The number of carbonyl (C=O) groups is 1. The zero-order valence-electron chi connectivity index (χ0n) is 13.7. The Hall–Kier alpha value is -1.45. The Kier molecular flexibility index (Phi) is 7.19. The van der Waals surface area contributed by atoms with Gasteiger partial charge in [-0.2, -0.15) is 4.72 Å². The Labute approximate surface area is 165 Å². The van der Waals surface area contributed by atoms with E-state index in [1.165, 1.54) is 31.2 Å². The molecule has 0 saturated heterocycles. The average molecular weight is 463 g/mol. The van der Waals surface area contributed by atoms with Crippen LogP contribution >= 0.6 is 27.5 Å². The van der Waals surface area contributed by atoms with Crippen LogP contribution in [0.25, 0.3) is 0 Å². The van der Waals surface area contributed by atoms with Gasteiger partial charge in [-0.3, -0.25) is 4.79 Å². The van der Waals surface area contributed by atoms with Gasteiger partial charge in [0, 0.05) is 9.50 Å². The van der Waals surface area contributed by atoms with Gasteiger partial charge in [0.25, 0.3) is 0 Å². The highest BCUT2D eigenvalue weighted by Crippen LogP contribution is 2.16. The average Bonchev–Trinajstić information content (AvgIpc) is 2.59. The van der Waals surface area contributed by atoms with Gasteiger partial charge in [-0.25, -0.2) is 8.42 Å². The number of esters is 1. The lowest BCUT2D eigenvalue weighted by Crippen LogP contribution is -2.48. The van der Waals surface area contributed by atoms with Crippen molar-refractivity contribution in [1.29, 1.82) is 0 Å². The Morgan fingerprint density at radius 1 is 1.19 bits per heavy atom. The molecule has 2 N–H and O–H groups in total. The summed E-state index contributed by atoms with van der Waals surface area (Å²) in [5.41, 5.74) is 0.728. The standard InChI is InChI=1S/C17H17BrClNO5S/c1-11(21)16(17(22)25-10-12-2-4-13(18)5-3-12)20-26(23,24)15-8-6-14(19)7-9-15/h2-9,11,16,20-21H,10H2,1H3/t11-,16+/m1/s1. The normalized spacial score (nSPS) is 13.8. The molecule has 2 aromatic carbocycles. The van der Waals surface area contributed by atoms with Crippen molar-refractivity contribution in [2.24, 2.45) is 0 Å². The molecule has 0 amide bonds. The van der Waals surface area contributed by atoms with E-state index in [4.69, 9.17) is 16.3 Å². The van der Waals surface area contributed by atoms with Crippen LogP contribution < -0.4 is 4.72 Å².